The molecule has 8 heteroatoms. The maximum atomic E-state index is 12.8. The Hall–Kier alpha value is -2.35. The molecule has 0 N–H and O–H groups in total. The molecule has 1 aromatic heterocycles. The van der Waals surface area contributed by atoms with E-state index in [2.05, 4.69) is 14.9 Å². The molecule has 0 radical (unpaired) electrons. The first-order chi connectivity index (χ1) is 12.3. The molecule has 2 aromatic rings. The Morgan fingerprint density at radius 1 is 1.19 bits per heavy atom. The maximum Gasteiger partial charge on any atom is 0.451 e. The summed E-state index contributed by atoms with van der Waals surface area (Å²) in [6.45, 7) is 3.73. The smallest absolute Gasteiger partial charge is 0.451 e. The van der Waals surface area contributed by atoms with Crippen LogP contribution in [-0.2, 0) is 25.7 Å². The van der Waals surface area contributed by atoms with Gasteiger partial charge in [0.1, 0.15) is 11.5 Å². The number of hydrogen-bond donors (Lipinski definition) is 0. The lowest BCUT2D eigenvalue weighted by Crippen LogP contribution is -2.32. The molecule has 1 aliphatic rings. The normalized spacial score (nSPS) is 14.8. The molecule has 140 valence electrons. The summed E-state index contributed by atoms with van der Waals surface area (Å²) in [5.74, 6) is 0.383. The van der Waals surface area contributed by atoms with Crippen molar-refractivity contribution in [3.05, 3.63) is 46.5 Å². The summed E-state index contributed by atoms with van der Waals surface area (Å²) in [6.07, 6.45) is -2.77. The highest BCUT2D eigenvalue weighted by molar-refractivity contribution is 5.46. The quantitative estimate of drug-likeness (QED) is 0.829. The van der Waals surface area contributed by atoms with Gasteiger partial charge in [-0.2, -0.15) is 13.2 Å². The average Bonchev–Trinajstić information content (AvgIpc) is 2.61. The van der Waals surface area contributed by atoms with Crippen molar-refractivity contribution in [1.82, 2.24) is 14.9 Å². The lowest BCUT2D eigenvalue weighted by atomic mass is 10.0. The highest BCUT2D eigenvalue weighted by Crippen LogP contribution is 2.31. The largest absolute Gasteiger partial charge is 0.497 e. The molecule has 0 bridgehead atoms. The van der Waals surface area contributed by atoms with Crippen LogP contribution in [0, 0.1) is 6.92 Å². The van der Waals surface area contributed by atoms with Crippen LogP contribution in [-0.4, -0.2) is 35.6 Å². The van der Waals surface area contributed by atoms with Crippen LogP contribution < -0.4 is 9.47 Å². The van der Waals surface area contributed by atoms with Gasteiger partial charge in [-0.15, -0.1) is 0 Å². The van der Waals surface area contributed by atoms with Crippen LogP contribution in [0.15, 0.2) is 18.3 Å². The van der Waals surface area contributed by atoms with Gasteiger partial charge in [0, 0.05) is 49.4 Å². The number of fused-ring (bicyclic) bond motifs is 1. The molecule has 2 heterocycles. The minimum Gasteiger partial charge on any atom is -0.497 e. The molecular weight excluding hydrogens is 347 g/mol. The molecule has 0 spiro atoms. The molecule has 0 saturated carbocycles. The van der Waals surface area contributed by atoms with Gasteiger partial charge in [-0.3, -0.25) is 4.90 Å². The SMILES string of the molecule is COc1cc(C)c(CN2CCc3nc(C(F)(F)F)ncc3C2)c(OC)c1. The third-order valence-electron chi connectivity index (χ3n) is 4.51. The van der Waals surface area contributed by atoms with E-state index in [1.54, 1.807) is 14.2 Å². The van der Waals surface area contributed by atoms with E-state index in [0.29, 0.717) is 31.7 Å². The number of benzene rings is 1. The predicted molar refractivity (Wildman–Crippen MR) is 89.1 cm³/mol. The zero-order valence-electron chi connectivity index (χ0n) is 14.9. The van der Waals surface area contributed by atoms with Gasteiger partial charge in [0.2, 0.25) is 5.82 Å². The highest BCUT2D eigenvalue weighted by atomic mass is 19.4. The Labute approximate surface area is 149 Å². The highest BCUT2D eigenvalue weighted by Gasteiger charge is 2.35. The number of aryl methyl sites for hydroxylation is 1. The van der Waals surface area contributed by atoms with Gasteiger partial charge in [0.05, 0.1) is 19.9 Å². The molecule has 5 nitrogen and oxygen atoms in total. The van der Waals surface area contributed by atoms with Crippen LogP contribution in [0.5, 0.6) is 11.5 Å². The molecule has 26 heavy (non-hydrogen) atoms. The standard InChI is InChI=1S/C18H20F3N3O2/c1-11-6-13(25-2)7-16(26-3)14(11)10-24-5-4-15-12(9-24)8-22-17(23-15)18(19,20)21/h6-8H,4-5,9-10H2,1-3H3. The maximum absolute atomic E-state index is 12.8. The average molecular weight is 367 g/mol. The van der Waals surface area contributed by atoms with Gasteiger partial charge >= 0.3 is 6.18 Å². The molecular formula is C18H20F3N3O2. The molecule has 0 atom stereocenters. The fourth-order valence-corrected chi connectivity index (χ4v) is 3.13. The molecule has 0 amide bonds. The molecule has 3 rings (SSSR count). The second-order valence-electron chi connectivity index (χ2n) is 6.25. The van der Waals surface area contributed by atoms with Crippen molar-refractivity contribution in [3.63, 3.8) is 0 Å². The van der Waals surface area contributed by atoms with Crippen molar-refractivity contribution < 1.29 is 22.6 Å². The predicted octanol–water partition coefficient (Wildman–Crippen LogP) is 3.38. The van der Waals surface area contributed by atoms with Gasteiger partial charge in [0.15, 0.2) is 0 Å². The molecule has 0 fully saturated rings. The van der Waals surface area contributed by atoms with E-state index in [9.17, 15) is 13.2 Å². The van der Waals surface area contributed by atoms with E-state index in [1.165, 1.54) is 6.20 Å². The number of aromatic nitrogens is 2. The molecule has 0 unspecified atom stereocenters. The summed E-state index contributed by atoms with van der Waals surface area (Å²) >= 11 is 0. The number of alkyl halides is 3. The lowest BCUT2D eigenvalue weighted by Gasteiger charge is -2.29. The Morgan fingerprint density at radius 3 is 2.62 bits per heavy atom. The number of nitrogens with zero attached hydrogens (tertiary/aromatic N) is 3. The van der Waals surface area contributed by atoms with Crippen molar-refractivity contribution in [2.24, 2.45) is 0 Å². The van der Waals surface area contributed by atoms with Gasteiger partial charge in [-0.05, 0) is 18.6 Å². The van der Waals surface area contributed by atoms with E-state index >= 15 is 0 Å². The third kappa shape index (κ3) is 3.75. The van der Waals surface area contributed by atoms with E-state index < -0.39 is 12.0 Å². The second-order valence-corrected chi connectivity index (χ2v) is 6.25. The topological polar surface area (TPSA) is 47.5 Å². The van der Waals surface area contributed by atoms with Crippen LogP contribution in [0.2, 0.25) is 0 Å². The van der Waals surface area contributed by atoms with E-state index in [-0.39, 0.29) is 0 Å². The lowest BCUT2D eigenvalue weighted by molar-refractivity contribution is -0.145. The summed E-state index contributed by atoms with van der Waals surface area (Å²) in [5.41, 5.74) is 3.27. The van der Waals surface area contributed by atoms with Crippen LogP contribution in [0.1, 0.15) is 28.2 Å². The Kier molecular flexibility index (Phi) is 5.04. The Morgan fingerprint density at radius 2 is 1.96 bits per heavy atom. The number of halogens is 3. The number of hydrogen-bond acceptors (Lipinski definition) is 5. The third-order valence-corrected chi connectivity index (χ3v) is 4.51. The Balaban J connectivity index is 1.80. The van der Waals surface area contributed by atoms with Crippen LogP contribution >= 0.6 is 0 Å². The van der Waals surface area contributed by atoms with Gasteiger partial charge in [-0.1, -0.05) is 0 Å². The second kappa shape index (κ2) is 7.11. The minimum absolute atomic E-state index is 0.457. The first kappa shape index (κ1) is 18.4. The van der Waals surface area contributed by atoms with E-state index in [0.717, 1.165) is 28.2 Å². The van der Waals surface area contributed by atoms with E-state index in [4.69, 9.17) is 9.47 Å². The Bertz CT molecular complexity index is 809. The van der Waals surface area contributed by atoms with Gasteiger partial charge in [0.25, 0.3) is 0 Å². The van der Waals surface area contributed by atoms with Crippen LogP contribution in [0.25, 0.3) is 0 Å². The first-order valence-electron chi connectivity index (χ1n) is 8.17. The monoisotopic (exact) mass is 367 g/mol. The van der Waals surface area contributed by atoms with Crippen molar-refractivity contribution in [3.8, 4) is 11.5 Å². The summed E-state index contributed by atoms with van der Waals surface area (Å²) in [6, 6.07) is 3.77. The van der Waals surface area contributed by atoms with Crippen LogP contribution in [0.4, 0.5) is 13.2 Å². The summed E-state index contributed by atoms with van der Waals surface area (Å²) < 4.78 is 49.0. The minimum atomic E-state index is -4.51. The molecule has 0 aliphatic carbocycles. The fourth-order valence-electron chi connectivity index (χ4n) is 3.13. The van der Waals surface area contributed by atoms with Crippen molar-refractivity contribution in [1.29, 1.82) is 0 Å². The summed E-state index contributed by atoms with van der Waals surface area (Å²) in [7, 11) is 3.21. The van der Waals surface area contributed by atoms with Gasteiger partial charge < -0.3 is 9.47 Å². The van der Waals surface area contributed by atoms with Crippen LogP contribution in [0.3, 0.4) is 0 Å². The fraction of sp³-hybridized carbons (Fsp3) is 0.444. The molecule has 1 aliphatic heterocycles. The number of ether oxygens (including phenoxy) is 2. The summed E-state index contributed by atoms with van der Waals surface area (Å²) in [5, 5.41) is 0. The molecule has 1 aromatic carbocycles. The number of methoxy groups -OCH3 is 2. The van der Waals surface area contributed by atoms with E-state index in [1.807, 2.05) is 19.1 Å². The zero-order chi connectivity index (χ0) is 18.9. The number of rotatable bonds is 4. The van der Waals surface area contributed by atoms with Crippen molar-refractivity contribution in [2.75, 3.05) is 20.8 Å². The van der Waals surface area contributed by atoms with Gasteiger partial charge in [-0.25, -0.2) is 9.97 Å². The van der Waals surface area contributed by atoms with Crippen molar-refractivity contribution in [2.45, 2.75) is 32.6 Å². The molecule has 0 saturated heterocycles. The summed E-state index contributed by atoms with van der Waals surface area (Å²) in [4.78, 5) is 9.32. The zero-order valence-corrected chi connectivity index (χ0v) is 14.9. The first-order valence-corrected chi connectivity index (χ1v) is 8.17. The van der Waals surface area contributed by atoms with Crippen molar-refractivity contribution >= 4 is 0 Å².